The van der Waals surface area contributed by atoms with Gasteiger partial charge in [-0.25, -0.2) is 0 Å². The first-order valence-electron chi connectivity index (χ1n) is 7.36. The van der Waals surface area contributed by atoms with Gasteiger partial charge in [-0.2, -0.15) is 23.4 Å². The van der Waals surface area contributed by atoms with Crippen LogP contribution in [0.2, 0.25) is 5.02 Å². The minimum atomic E-state index is -4.40. The molecule has 2 aromatic rings. The number of nitrogens with one attached hydrogen (secondary N) is 1. The first-order valence-corrected chi connectivity index (χ1v) is 7.74. The molecule has 4 nitrogen and oxygen atoms in total. The van der Waals surface area contributed by atoms with Crippen LogP contribution in [-0.2, 0) is 17.5 Å². The maximum atomic E-state index is 12.5. The summed E-state index contributed by atoms with van der Waals surface area (Å²) < 4.78 is 37.4. The highest BCUT2D eigenvalue weighted by Crippen LogP contribution is 2.30. The second-order valence-corrected chi connectivity index (χ2v) is 5.72. The number of rotatable bonds is 5. The van der Waals surface area contributed by atoms with Crippen LogP contribution in [0.25, 0.3) is 0 Å². The summed E-state index contributed by atoms with van der Waals surface area (Å²) in [5.74, 6) is -0.342. The number of azo groups is 1. The summed E-state index contributed by atoms with van der Waals surface area (Å²) in [6.45, 7) is 1.86. The number of amides is 1. The van der Waals surface area contributed by atoms with Crippen LogP contribution in [-0.4, -0.2) is 11.9 Å². The molecule has 25 heavy (non-hydrogen) atoms. The lowest BCUT2D eigenvalue weighted by Gasteiger charge is -2.08. The molecule has 2 rings (SSSR count). The van der Waals surface area contributed by atoms with Crippen molar-refractivity contribution in [1.29, 1.82) is 0 Å². The van der Waals surface area contributed by atoms with E-state index >= 15 is 0 Å². The first-order chi connectivity index (χ1) is 11.8. The molecule has 0 saturated carbocycles. The Morgan fingerprint density at radius 3 is 2.28 bits per heavy atom. The molecule has 0 aromatic heterocycles. The van der Waals surface area contributed by atoms with Crippen molar-refractivity contribution in [2.45, 2.75) is 25.7 Å². The molecule has 1 unspecified atom stereocenters. The average Bonchev–Trinajstić information content (AvgIpc) is 2.58. The summed E-state index contributed by atoms with van der Waals surface area (Å²) in [6.07, 6.45) is -4.40. The molecule has 0 aliphatic carbocycles. The predicted octanol–water partition coefficient (Wildman–Crippen LogP) is 5.15. The number of carbonyl (C=O) groups is 1. The maximum Gasteiger partial charge on any atom is 0.416 e. The molecule has 1 N–H and O–H groups in total. The van der Waals surface area contributed by atoms with E-state index in [1.807, 2.05) is 0 Å². The van der Waals surface area contributed by atoms with Crippen molar-refractivity contribution in [2.75, 3.05) is 0 Å². The third kappa shape index (κ3) is 5.86. The van der Waals surface area contributed by atoms with Crippen molar-refractivity contribution >= 4 is 23.2 Å². The summed E-state index contributed by atoms with van der Waals surface area (Å²) in [4.78, 5) is 12.0. The fourth-order valence-electron chi connectivity index (χ4n) is 1.86. The average molecular weight is 370 g/mol. The minimum absolute atomic E-state index is 0.241. The number of hydrogen-bond acceptors (Lipinski definition) is 3. The van der Waals surface area contributed by atoms with Gasteiger partial charge >= 0.3 is 6.18 Å². The topological polar surface area (TPSA) is 53.8 Å². The molecule has 0 bridgehead atoms. The van der Waals surface area contributed by atoms with Gasteiger partial charge in [-0.1, -0.05) is 23.7 Å². The van der Waals surface area contributed by atoms with Crippen molar-refractivity contribution in [3.8, 4) is 0 Å². The number of alkyl halides is 3. The Bertz CT molecular complexity index is 743. The molecule has 2 aromatic carbocycles. The van der Waals surface area contributed by atoms with Crippen molar-refractivity contribution in [3.63, 3.8) is 0 Å². The van der Waals surface area contributed by atoms with Crippen LogP contribution in [0.1, 0.15) is 18.1 Å². The van der Waals surface area contributed by atoms with Gasteiger partial charge in [0.15, 0.2) is 0 Å². The molecule has 1 amide bonds. The quantitative estimate of drug-likeness (QED) is 0.728. The van der Waals surface area contributed by atoms with Gasteiger partial charge in [0.05, 0.1) is 11.3 Å². The molecule has 0 aliphatic rings. The zero-order chi connectivity index (χ0) is 18.4. The van der Waals surface area contributed by atoms with E-state index in [9.17, 15) is 18.0 Å². The SMILES string of the molecule is CC(N=Nc1ccc(C(F)(F)F)cc1)C(=O)NCc1ccc(Cl)cc1. The van der Waals surface area contributed by atoms with Gasteiger partial charge in [0.1, 0.15) is 6.04 Å². The fraction of sp³-hybridized carbons (Fsp3) is 0.235. The van der Waals surface area contributed by atoms with Crippen LogP contribution < -0.4 is 5.32 Å². The van der Waals surface area contributed by atoms with Crippen molar-refractivity contribution < 1.29 is 18.0 Å². The standard InChI is InChI=1S/C17H15ClF3N3O/c1-11(16(25)22-10-12-2-6-14(18)7-3-12)23-24-15-8-4-13(5-9-15)17(19,20)21/h2-9,11H,10H2,1H3,(H,22,25). The summed E-state index contributed by atoms with van der Waals surface area (Å²) >= 11 is 5.78. The highest BCUT2D eigenvalue weighted by Gasteiger charge is 2.29. The van der Waals surface area contributed by atoms with Gasteiger partial charge in [0, 0.05) is 11.6 Å². The molecule has 0 aliphatic heterocycles. The molecule has 0 radical (unpaired) electrons. The van der Waals surface area contributed by atoms with Crippen LogP contribution in [0.4, 0.5) is 18.9 Å². The second kappa shape index (κ2) is 8.11. The van der Waals surface area contributed by atoms with Crippen molar-refractivity contribution in [1.82, 2.24) is 5.32 Å². The Morgan fingerprint density at radius 1 is 1.12 bits per heavy atom. The number of benzene rings is 2. The van der Waals surface area contributed by atoms with Crippen LogP contribution in [0.15, 0.2) is 58.8 Å². The molecule has 1 atom stereocenters. The van der Waals surface area contributed by atoms with E-state index in [4.69, 9.17) is 11.6 Å². The first kappa shape index (κ1) is 18.9. The molecular formula is C17H15ClF3N3O. The summed E-state index contributed by atoms with van der Waals surface area (Å²) in [7, 11) is 0. The third-order valence-electron chi connectivity index (χ3n) is 3.30. The number of carbonyl (C=O) groups excluding carboxylic acids is 1. The smallest absolute Gasteiger partial charge is 0.350 e. The van der Waals surface area contributed by atoms with E-state index in [0.717, 1.165) is 17.7 Å². The lowest BCUT2D eigenvalue weighted by molar-refractivity contribution is -0.137. The molecule has 0 spiro atoms. The number of hydrogen-bond donors (Lipinski definition) is 1. The molecular weight excluding hydrogens is 355 g/mol. The zero-order valence-electron chi connectivity index (χ0n) is 13.2. The van der Waals surface area contributed by atoms with Crippen LogP contribution in [0.5, 0.6) is 0 Å². The van der Waals surface area contributed by atoms with Gasteiger partial charge in [-0.05, 0) is 48.9 Å². The lowest BCUT2D eigenvalue weighted by Crippen LogP contribution is -2.30. The summed E-state index contributed by atoms with van der Waals surface area (Å²) in [5, 5.41) is 10.9. The van der Waals surface area contributed by atoms with Gasteiger partial charge in [0.2, 0.25) is 5.91 Å². The van der Waals surface area contributed by atoms with Crippen LogP contribution in [0, 0.1) is 0 Å². The van der Waals surface area contributed by atoms with Crippen molar-refractivity contribution in [3.05, 3.63) is 64.7 Å². The van der Waals surface area contributed by atoms with Gasteiger partial charge in [-0.15, -0.1) is 0 Å². The van der Waals surface area contributed by atoms with E-state index in [0.29, 0.717) is 11.6 Å². The zero-order valence-corrected chi connectivity index (χ0v) is 14.0. The molecule has 132 valence electrons. The Morgan fingerprint density at radius 2 is 1.72 bits per heavy atom. The monoisotopic (exact) mass is 369 g/mol. The molecule has 0 heterocycles. The van der Waals surface area contributed by atoms with E-state index < -0.39 is 17.8 Å². The fourth-order valence-corrected chi connectivity index (χ4v) is 1.99. The van der Waals surface area contributed by atoms with E-state index in [2.05, 4.69) is 15.5 Å². The van der Waals surface area contributed by atoms with Gasteiger partial charge in [0.25, 0.3) is 0 Å². The number of nitrogens with zero attached hydrogens (tertiary/aromatic N) is 2. The summed E-state index contributed by atoms with van der Waals surface area (Å²) in [6, 6.07) is 10.5. The molecule has 0 saturated heterocycles. The van der Waals surface area contributed by atoms with E-state index in [1.54, 1.807) is 31.2 Å². The normalized spacial score (nSPS) is 13.0. The van der Waals surface area contributed by atoms with Crippen LogP contribution >= 0.6 is 11.6 Å². The lowest BCUT2D eigenvalue weighted by atomic mass is 10.2. The second-order valence-electron chi connectivity index (χ2n) is 5.28. The van der Waals surface area contributed by atoms with Crippen molar-refractivity contribution in [2.24, 2.45) is 10.2 Å². The van der Waals surface area contributed by atoms with Gasteiger partial charge < -0.3 is 5.32 Å². The Hall–Kier alpha value is -2.41. The minimum Gasteiger partial charge on any atom is -0.350 e. The Labute approximate surface area is 147 Å². The third-order valence-corrected chi connectivity index (χ3v) is 3.55. The molecule has 8 heteroatoms. The van der Waals surface area contributed by atoms with E-state index in [1.165, 1.54) is 12.1 Å². The maximum absolute atomic E-state index is 12.5. The summed E-state index contributed by atoms with van der Waals surface area (Å²) in [5.41, 5.74) is 0.357. The van der Waals surface area contributed by atoms with E-state index in [-0.39, 0.29) is 11.6 Å². The predicted molar refractivity (Wildman–Crippen MR) is 88.7 cm³/mol. The number of halogens is 4. The van der Waals surface area contributed by atoms with Gasteiger partial charge in [-0.3, -0.25) is 4.79 Å². The highest BCUT2D eigenvalue weighted by molar-refractivity contribution is 6.30. The highest BCUT2D eigenvalue weighted by atomic mass is 35.5. The largest absolute Gasteiger partial charge is 0.416 e. The van der Waals surface area contributed by atoms with Crippen LogP contribution in [0.3, 0.4) is 0 Å². The Kier molecular flexibility index (Phi) is 6.14. The molecule has 0 fully saturated rings. The Balaban J connectivity index is 1.89.